The van der Waals surface area contributed by atoms with Crippen molar-refractivity contribution in [2.45, 2.75) is 24.2 Å². The molecule has 1 atom stereocenters. The number of benzene rings is 2. The van der Waals surface area contributed by atoms with E-state index in [0.29, 0.717) is 23.9 Å². The predicted octanol–water partition coefficient (Wildman–Crippen LogP) is 5.17. The molecule has 0 bridgehead atoms. The van der Waals surface area contributed by atoms with Gasteiger partial charge in [-0.05, 0) is 41.8 Å². The van der Waals surface area contributed by atoms with E-state index in [1.807, 2.05) is 77.4 Å². The first kappa shape index (κ1) is 23.6. The van der Waals surface area contributed by atoms with E-state index in [1.165, 1.54) is 17.3 Å². The third kappa shape index (κ3) is 5.90. The van der Waals surface area contributed by atoms with E-state index in [-0.39, 0.29) is 17.7 Å². The van der Waals surface area contributed by atoms with E-state index < -0.39 is 0 Å². The molecular weight excluding hydrogens is 470 g/mol. The van der Waals surface area contributed by atoms with Crippen molar-refractivity contribution in [3.05, 3.63) is 120 Å². The molecule has 0 radical (unpaired) electrons. The van der Waals surface area contributed by atoms with E-state index in [2.05, 4.69) is 32.6 Å². The molecule has 0 fully saturated rings. The molecule has 8 heteroatoms. The zero-order valence-corrected chi connectivity index (χ0v) is 20.3. The van der Waals surface area contributed by atoms with Gasteiger partial charge in [0.1, 0.15) is 5.76 Å². The third-order valence-corrected chi connectivity index (χ3v) is 6.65. The maximum atomic E-state index is 13.1. The van der Waals surface area contributed by atoms with Gasteiger partial charge in [-0.1, -0.05) is 72.4 Å². The molecule has 7 nitrogen and oxygen atoms in total. The number of carbonyl (C=O) groups is 1. The molecule has 3 heterocycles. The molecule has 0 aliphatic rings. The Labute approximate surface area is 213 Å². The largest absolute Gasteiger partial charge is 0.467 e. The smallest absolute Gasteiger partial charge is 0.230 e. The summed E-state index contributed by atoms with van der Waals surface area (Å²) in [6.07, 6.45) is 5.81. The van der Waals surface area contributed by atoms with Crippen molar-refractivity contribution in [3.8, 4) is 11.4 Å². The van der Waals surface area contributed by atoms with Crippen molar-refractivity contribution in [1.82, 2.24) is 25.1 Å². The standard InChI is InChI=1S/C28H25N5O2S/c34-26(30-25(22-11-5-2-6-12-22)17-21-9-3-1-4-10-21)20-36-28-32-31-27(23-13-7-15-29-18-23)33(28)19-24-14-8-16-35-24/h1-16,18,25H,17,19-20H2,(H,30,34). The third-order valence-electron chi connectivity index (χ3n) is 5.68. The van der Waals surface area contributed by atoms with Crippen LogP contribution in [0.3, 0.4) is 0 Å². The second-order valence-corrected chi connectivity index (χ2v) is 9.17. The molecule has 0 saturated carbocycles. The molecule has 36 heavy (non-hydrogen) atoms. The molecule has 5 aromatic rings. The molecule has 180 valence electrons. The number of pyridine rings is 1. The van der Waals surface area contributed by atoms with Crippen LogP contribution in [0.15, 0.2) is 113 Å². The van der Waals surface area contributed by atoms with Crippen molar-refractivity contribution in [2.75, 3.05) is 5.75 Å². The van der Waals surface area contributed by atoms with Crippen LogP contribution in [0, 0.1) is 0 Å². The zero-order valence-electron chi connectivity index (χ0n) is 19.5. The van der Waals surface area contributed by atoms with Crippen molar-refractivity contribution < 1.29 is 9.21 Å². The second-order valence-electron chi connectivity index (χ2n) is 8.22. The lowest BCUT2D eigenvalue weighted by molar-refractivity contribution is -0.119. The topological polar surface area (TPSA) is 85.8 Å². The SMILES string of the molecule is O=C(CSc1nnc(-c2cccnc2)n1Cc1ccco1)NC(Cc1ccccc1)c1ccccc1. The number of nitrogens with one attached hydrogen (secondary N) is 1. The van der Waals surface area contributed by atoms with Gasteiger partial charge in [0.25, 0.3) is 0 Å². The fourth-order valence-electron chi connectivity index (χ4n) is 3.96. The number of thioether (sulfide) groups is 1. The highest BCUT2D eigenvalue weighted by molar-refractivity contribution is 7.99. The average Bonchev–Trinajstić information content (AvgIpc) is 3.59. The average molecular weight is 496 g/mol. The minimum Gasteiger partial charge on any atom is -0.467 e. The van der Waals surface area contributed by atoms with Gasteiger partial charge in [-0.3, -0.25) is 14.3 Å². The predicted molar refractivity (Wildman–Crippen MR) is 139 cm³/mol. The maximum absolute atomic E-state index is 13.1. The number of amides is 1. The highest BCUT2D eigenvalue weighted by atomic mass is 32.2. The Kier molecular flexibility index (Phi) is 7.53. The monoisotopic (exact) mass is 495 g/mol. The fourth-order valence-corrected chi connectivity index (χ4v) is 4.71. The Hall–Kier alpha value is -4.17. The van der Waals surface area contributed by atoms with Crippen molar-refractivity contribution in [3.63, 3.8) is 0 Å². The molecular formula is C28H25N5O2S. The van der Waals surface area contributed by atoms with Crippen LogP contribution in [-0.4, -0.2) is 31.4 Å². The van der Waals surface area contributed by atoms with Gasteiger partial charge in [0.15, 0.2) is 11.0 Å². The summed E-state index contributed by atoms with van der Waals surface area (Å²) < 4.78 is 7.51. The first-order valence-corrected chi connectivity index (χ1v) is 12.6. The van der Waals surface area contributed by atoms with Gasteiger partial charge < -0.3 is 9.73 Å². The molecule has 1 amide bonds. The summed E-state index contributed by atoms with van der Waals surface area (Å²) in [5, 5.41) is 12.6. The number of nitrogens with zero attached hydrogens (tertiary/aromatic N) is 4. The summed E-state index contributed by atoms with van der Waals surface area (Å²) >= 11 is 1.35. The van der Waals surface area contributed by atoms with Crippen LogP contribution in [0.1, 0.15) is 22.9 Å². The van der Waals surface area contributed by atoms with E-state index in [1.54, 1.807) is 18.7 Å². The molecule has 1 N–H and O–H groups in total. The summed E-state index contributed by atoms with van der Waals surface area (Å²) in [4.78, 5) is 17.3. The number of carbonyl (C=O) groups excluding carboxylic acids is 1. The zero-order chi connectivity index (χ0) is 24.6. The van der Waals surface area contributed by atoms with Crippen LogP contribution >= 0.6 is 11.8 Å². The van der Waals surface area contributed by atoms with Crippen molar-refractivity contribution in [2.24, 2.45) is 0 Å². The maximum Gasteiger partial charge on any atom is 0.230 e. The lowest BCUT2D eigenvalue weighted by Gasteiger charge is -2.19. The van der Waals surface area contributed by atoms with Gasteiger partial charge in [-0.25, -0.2) is 0 Å². The second kappa shape index (κ2) is 11.5. The molecule has 0 aliphatic carbocycles. The molecule has 2 aromatic carbocycles. The molecule has 0 saturated heterocycles. The Balaban J connectivity index is 1.32. The summed E-state index contributed by atoms with van der Waals surface area (Å²) in [6, 6.07) is 27.6. The minimum atomic E-state index is -0.131. The highest BCUT2D eigenvalue weighted by Crippen LogP contribution is 2.25. The van der Waals surface area contributed by atoms with Gasteiger partial charge in [0.2, 0.25) is 5.91 Å². The van der Waals surface area contributed by atoms with Gasteiger partial charge in [0.05, 0.1) is 24.6 Å². The minimum absolute atomic E-state index is 0.0692. The summed E-state index contributed by atoms with van der Waals surface area (Å²) in [5.41, 5.74) is 3.08. The summed E-state index contributed by atoms with van der Waals surface area (Å²) in [5.74, 6) is 1.59. The van der Waals surface area contributed by atoms with Crippen LogP contribution in [0.5, 0.6) is 0 Å². The van der Waals surface area contributed by atoms with E-state index in [9.17, 15) is 4.79 Å². The Bertz CT molecular complexity index is 1370. The Morgan fingerprint density at radius 2 is 1.75 bits per heavy atom. The van der Waals surface area contributed by atoms with E-state index >= 15 is 0 Å². The molecule has 1 unspecified atom stereocenters. The lowest BCUT2D eigenvalue weighted by Crippen LogP contribution is -2.31. The number of furan rings is 1. The van der Waals surface area contributed by atoms with E-state index in [4.69, 9.17) is 4.42 Å². The van der Waals surface area contributed by atoms with Crippen LogP contribution in [0.4, 0.5) is 0 Å². The van der Waals surface area contributed by atoms with Crippen LogP contribution in [0.2, 0.25) is 0 Å². The number of hydrogen-bond acceptors (Lipinski definition) is 6. The number of rotatable bonds is 10. The highest BCUT2D eigenvalue weighted by Gasteiger charge is 2.19. The molecule has 3 aromatic heterocycles. The molecule has 0 aliphatic heterocycles. The van der Waals surface area contributed by atoms with Crippen LogP contribution < -0.4 is 5.32 Å². The normalized spacial score (nSPS) is 11.8. The van der Waals surface area contributed by atoms with Crippen LogP contribution in [-0.2, 0) is 17.8 Å². The lowest BCUT2D eigenvalue weighted by atomic mass is 9.99. The molecule has 5 rings (SSSR count). The van der Waals surface area contributed by atoms with Crippen molar-refractivity contribution in [1.29, 1.82) is 0 Å². The Morgan fingerprint density at radius 1 is 0.944 bits per heavy atom. The van der Waals surface area contributed by atoms with Gasteiger partial charge in [-0.15, -0.1) is 10.2 Å². The summed E-state index contributed by atoms with van der Waals surface area (Å²) in [7, 11) is 0. The Morgan fingerprint density at radius 3 is 2.47 bits per heavy atom. The van der Waals surface area contributed by atoms with Gasteiger partial charge >= 0.3 is 0 Å². The first-order valence-electron chi connectivity index (χ1n) is 11.6. The number of aromatic nitrogens is 4. The first-order chi connectivity index (χ1) is 17.8. The van der Waals surface area contributed by atoms with E-state index in [0.717, 1.165) is 16.9 Å². The fraction of sp³-hybridized carbons (Fsp3) is 0.143. The van der Waals surface area contributed by atoms with Gasteiger partial charge in [-0.2, -0.15) is 0 Å². The quantitative estimate of drug-likeness (QED) is 0.269. The van der Waals surface area contributed by atoms with Gasteiger partial charge in [0, 0.05) is 18.0 Å². The number of hydrogen-bond donors (Lipinski definition) is 1. The molecule has 0 spiro atoms. The summed E-state index contributed by atoms with van der Waals surface area (Å²) in [6.45, 7) is 0.453. The van der Waals surface area contributed by atoms with Crippen molar-refractivity contribution >= 4 is 17.7 Å². The van der Waals surface area contributed by atoms with Crippen LogP contribution in [0.25, 0.3) is 11.4 Å².